The molecular formula is C43H56N8O8. The molecule has 4 N–H and O–H groups in total. The van der Waals surface area contributed by atoms with Crippen molar-refractivity contribution >= 4 is 35.5 Å². The second-order valence-electron chi connectivity index (χ2n) is 16.0. The highest BCUT2D eigenvalue weighted by Gasteiger charge is 2.34. The lowest BCUT2D eigenvalue weighted by Crippen LogP contribution is -2.58. The molecule has 0 radical (unpaired) electrons. The van der Waals surface area contributed by atoms with Crippen LogP contribution < -0.4 is 35.6 Å². The molecular weight excluding hydrogens is 757 g/mol. The van der Waals surface area contributed by atoms with E-state index >= 15 is 0 Å². The van der Waals surface area contributed by atoms with Crippen molar-refractivity contribution in [3.63, 3.8) is 0 Å². The zero-order valence-corrected chi connectivity index (χ0v) is 34.3. The number of fused-ring (bicyclic) bond motifs is 17. The number of nitrogens with one attached hydrogen (secondary N) is 4. The first-order valence-corrected chi connectivity index (χ1v) is 20.4. The van der Waals surface area contributed by atoms with Gasteiger partial charge in [0, 0.05) is 44.9 Å². The van der Waals surface area contributed by atoms with E-state index in [0.717, 1.165) is 18.4 Å². The summed E-state index contributed by atoms with van der Waals surface area (Å²) in [6.45, 7) is 8.48. The minimum absolute atomic E-state index is 0.0669. The average molecular weight is 813 g/mol. The molecule has 2 aromatic carbocycles. The van der Waals surface area contributed by atoms with Crippen molar-refractivity contribution in [3.8, 4) is 11.5 Å². The second-order valence-corrected chi connectivity index (χ2v) is 16.0. The fourth-order valence-electron chi connectivity index (χ4n) is 7.13. The molecule has 4 aliphatic rings. The first kappa shape index (κ1) is 42.8. The largest absolute Gasteiger partial charge is 0.497 e. The Morgan fingerprint density at radius 1 is 0.932 bits per heavy atom. The van der Waals surface area contributed by atoms with Gasteiger partial charge in [0.2, 0.25) is 29.6 Å². The van der Waals surface area contributed by atoms with E-state index in [-0.39, 0.29) is 55.3 Å². The maximum Gasteiger partial charge on any atom is 0.255 e. The summed E-state index contributed by atoms with van der Waals surface area (Å²) >= 11 is 0. The number of nitrogens with zero attached hydrogens (tertiary/aromatic N) is 4. The number of carbonyl (C=O) groups excluding carboxylic acids is 5. The number of amides is 5. The molecule has 1 aliphatic carbocycles. The van der Waals surface area contributed by atoms with Gasteiger partial charge in [0.05, 0.1) is 38.5 Å². The molecule has 5 amide bonds. The predicted molar refractivity (Wildman–Crippen MR) is 219 cm³/mol. The Morgan fingerprint density at radius 3 is 2.27 bits per heavy atom. The number of hydrogen-bond donors (Lipinski definition) is 4. The lowest BCUT2D eigenvalue weighted by molar-refractivity contribution is -0.140. The molecule has 7 rings (SSSR count). The molecule has 316 valence electrons. The average Bonchev–Trinajstić information content (AvgIpc) is 4.06. The summed E-state index contributed by atoms with van der Waals surface area (Å²) in [7, 11) is 1.55. The summed E-state index contributed by atoms with van der Waals surface area (Å²) in [6, 6.07) is 10.6. The lowest BCUT2D eigenvalue weighted by Gasteiger charge is -2.29. The number of methoxy groups -OCH3 is 1. The van der Waals surface area contributed by atoms with Crippen LogP contribution in [0.3, 0.4) is 0 Å². The van der Waals surface area contributed by atoms with Crippen LogP contribution >= 0.6 is 0 Å². The Balaban J connectivity index is 1.29. The van der Waals surface area contributed by atoms with Gasteiger partial charge >= 0.3 is 0 Å². The van der Waals surface area contributed by atoms with Gasteiger partial charge in [-0.1, -0.05) is 38.1 Å². The molecule has 1 aromatic heterocycles. The monoisotopic (exact) mass is 812 g/mol. The lowest BCUT2D eigenvalue weighted by atomic mass is 10.0. The van der Waals surface area contributed by atoms with Gasteiger partial charge in [-0.25, -0.2) is 9.97 Å². The molecule has 16 heteroatoms. The summed E-state index contributed by atoms with van der Waals surface area (Å²) < 4.78 is 16.9. The second kappa shape index (κ2) is 20.3. The third kappa shape index (κ3) is 12.6. The fourth-order valence-corrected chi connectivity index (χ4v) is 7.13. The highest BCUT2D eigenvalue weighted by Crippen LogP contribution is 2.30. The van der Waals surface area contributed by atoms with Crippen molar-refractivity contribution in [2.24, 2.45) is 11.8 Å². The normalized spacial score (nSPS) is 22.5. The summed E-state index contributed by atoms with van der Waals surface area (Å²) in [5, 5.41) is 11.6. The number of anilines is 1. The maximum atomic E-state index is 14.3. The molecule has 2 bridgehead atoms. The molecule has 0 spiro atoms. The zero-order chi connectivity index (χ0) is 41.9. The summed E-state index contributed by atoms with van der Waals surface area (Å²) in [4.78, 5) is 81.9. The number of aromatic nitrogens is 2. The number of ether oxygens (including phenoxy) is 3. The molecule has 16 nitrogen and oxygen atoms in total. The maximum absolute atomic E-state index is 14.3. The summed E-state index contributed by atoms with van der Waals surface area (Å²) in [5.74, 6) is -0.319. The first-order valence-electron chi connectivity index (χ1n) is 20.4. The Kier molecular flexibility index (Phi) is 14.7. The summed E-state index contributed by atoms with van der Waals surface area (Å²) in [5.41, 5.74) is 1.59. The number of rotatable bonds is 10. The van der Waals surface area contributed by atoms with Crippen molar-refractivity contribution in [2.45, 2.75) is 77.0 Å². The van der Waals surface area contributed by atoms with Crippen LogP contribution in [0.4, 0.5) is 5.95 Å². The Morgan fingerprint density at radius 2 is 1.63 bits per heavy atom. The molecule has 3 aromatic rings. The Labute approximate surface area is 345 Å². The van der Waals surface area contributed by atoms with Crippen LogP contribution in [0.15, 0.2) is 60.9 Å². The van der Waals surface area contributed by atoms with E-state index in [9.17, 15) is 24.0 Å². The number of hydrogen-bond acceptors (Lipinski definition) is 11. The molecule has 3 aliphatic heterocycles. The quantitative estimate of drug-likeness (QED) is 0.219. The van der Waals surface area contributed by atoms with Gasteiger partial charge < -0.3 is 45.3 Å². The SMILES string of the molecule is COc1ccc(C[C@@H]2NC(=O)[C@@H](NC(=O)c3cnc(N4CCOCC4)nc3)Cc3ccc(cc3)OC[C@H](CC(C)C)NC(=O)CN(CC3CC3)C(=O)[C@@H](C)NC2=O)cc1. The van der Waals surface area contributed by atoms with Gasteiger partial charge in [0.15, 0.2) is 0 Å². The van der Waals surface area contributed by atoms with Gasteiger partial charge in [0.25, 0.3) is 5.91 Å². The third-order valence-corrected chi connectivity index (χ3v) is 10.5. The van der Waals surface area contributed by atoms with Gasteiger partial charge in [0.1, 0.15) is 36.2 Å². The highest BCUT2D eigenvalue weighted by atomic mass is 16.5. The molecule has 0 unspecified atom stereocenters. The highest BCUT2D eigenvalue weighted by molar-refractivity contribution is 5.99. The molecule has 1 saturated carbocycles. The zero-order valence-electron chi connectivity index (χ0n) is 34.3. The van der Waals surface area contributed by atoms with E-state index in [1.807, 2.05) is 4.90 Å². The minimum atomic E-state index is -1.15. The Hall–Kier alpha value is -5.77. The van der Waals surface area contributed by atoms with E-state index in [1.165, 1.54) is 17.3 Å². The smallest absolute Gasteiger partial charge is 0.255 e. The van der Waals surface area contributed by atoms with E-state index in [2.05, 4.69) is 45.1 Å². The molecule has 1 saturated heterocycles. The van der Waals surface area contributed by atoms with Crippen LogP contribution in [0.2, 0.25) is 0 Å². The topological polar surface area (TPSA) is 193 Å². The van der Waals surface area contributed by atoms with Crippen LogP contribution in [0.5, 0.6) is 11.5 Å². The van der Waals surface area contributed by atoms with Gasteiger partial charge in [-0.15, -0.1) is 0 Å². The van der Waals surface area contributed by atoms with Crippen molar-refractivity contribution in [1.29, 1.82) is 0 Å². The molecule has 59 heavy (non-hydrogen) atoms. The predicted octanol–water partition coefficient (Wildman–Crippen LogP) is 2.06. The van der Waals surface area contributed by atoms with Crippen LogP contribution in [-0.2, 0) is 36.8 Å². The van der Waals surface area contributed by atoms with E-state index in [1.54, 1.807) is 62.6 Å². The minimum Gasteiger partial charge on any atom is -0.497 e. The van der Waals surface area contributed by atoms with E-state index in [0.29, 0.717) is 62.3 Å². The molecule has 4 heterocycles. The van der Waals surface area contributed by atoms with Crippen LogP contribution in [-0.4, -0.2) is 122 Å². The van der Waals surface area contributed by atoms with Crippen LogP contribution in [0.1, 0.15) is 61.5 Å². The molecule has 4 atom stereocenters. The summed E-state index contributed by atoms with van der Waals surface area (Å²) in [6.07, 6.45) is 5.53. The first-order chi connectivity index (χ1) is 28.4. The standard InChI is InChI=1S/C43H56N8O8/c1-27(2)19-33-26-59-35-13-9-30(10-14-35)21-37(48-39(53)32-22-44-43(45-23-32)50-15-17-58-18-16-50)41(55)49-36(20-29-7-11-34(57-4)12-8-29)40(54)46-28(3)42(56)51(24-31-5-6-31)25-38(52)47-33/h7-14,22-23,27-28,31,33,36-37H,5-6,15-21,24-26H2,1-4H3,(H,46,54)(H,47,52)(H,48,53)(H,49,55)/t28-,33+,36+,37+/m1/s1. The van der Waals surface area contributed by atoms with E-state index in [4.69, 9.17) is 14.2 Å². The number of benzene rings is 2. The van der Waals surface area contributed by atoms with Crippen molar-refractivity contribution < 1.29 is 38.2 Å². The molecule has 2 fully saturated rings. The third-order valence-electron chi connectivity index (χ3n) is 10.5. The van der Waals surface area contributed by atoms with Gasteiger partial charge in [-0.3, -0.25) is 24.0 Å². The van der Waals surface area contributed by atoms with Gasteiger partial charge in [-0.2, -0.15) is 0 Å². The van der Waals surface area contributed by atoms with Gasteiger partial charge in [-0.05, 0) is 73.4 Å². The number of carbonyl (C=O) groups is 5. The fraction of sp³-hybridized carbons (Fsp3) is 0.512. The van der Waals surface area contributed by atoms with Crippen molar-refractivity contribution in [3.05, 3.63) is 77.6 Å². The van der Waals surface area contributed by atoms with E-state index < -0.39 is 41.8 Å². The Bertz CT molecular complexity index is 1900. The van der Waals surface area contributed by atoms with Crippen LogP contribution in [0.25, 0.3) is 0 Å². The van der Waals surface area contributed by atoms with Crippen molar-refractivity contribution in [1.82, 2.24) is 36.1 Å². The van der Waals surface area contributed by atoms with Crippen molar-refractivity contribution in [2.75, 3.05) is 58.0 Å². The number of morpholine rings is 1. The van der Waals surface area contributed by atoms with Crippen LogP contribution in [0, 0.1) is 11.8 Å².